The van der Waals surface area contributed by atoms with E-state index in [0.29, 0.717) is 15.8 Å². The molecule has 3 nitrogen and oxygen atoms in total. The molecule has 1 aliphatic heterocycles. The van der Waals surface area contributed by atoms with Gasteiger partial charge in [0.05, 0.1) is 0 Å². The second-order valence-corrected chi connectivity index (χ2v) is 8.24. The van der Waals surface area contributed by atoms with Gasteiger partial charge in [-0.2, -0.15) is 0 Å². The Bertz CT molecular complexity index is 1100. The lowest BCUT2D eigenvalue weighted by Crippen LogP contribution is -2.61. The molecule has 3 aromatic carbocycles. The molecule has 148 valence electrons. The number of hydrogen-bond donors (Lipinski definition) is 0. The van der Waals surface area contributed by atoms with E-state index in [4.69, 9.17) is 27.9 Å². The first-order valence-electron chi connectivity index (χ1n) is 9.44. The van der Waals surface area contributed by atoms with E-state index in [2.05, 4.69) is 6.92 Å². The van der Waals surface area contributed by atoms with E-state index in [1.54, 1.807) is 17.0 Å². The Morgan fingerprint density at radius 3 is 2.31 bits per heavy atom. The number of β-lactam (4-membered cyclic amide) rings is 1. The highest BCUT2D eigenvalue weighted by Gasteiger charge is 2.51. The molecule has 1 amide bonds. The van der Waals surface area contributed by atoms with Crippen LogP contribution in [0.5, 0.6) is 5.75 Å². The standard InChI is InChI=1S/C24H21Cl2NO2/c1-14-8-10-18(13-15(14)2)27-22(19-6-4-5-7-20(19)26)23(24(27)28)29-21-11-9-17(25)12-16(21)3/h4-13,22-23H,1-3H3/t22-,23+/m0/s1. The van der Waals surface area contributed by atoms with E-state index < -0.39 is 6.10 Å². The summed E-state index contributed by atoms with van der Waals surface area (Å²) in [5, 5.41) is 1.24. The van der Waals surface area contributed by atoms with Gasteiger partial charge in [-0.15, -0.1) is 0 Å². The first kappa shape index (κ1) is 19.8. The number of rotatable bonds is 4. The van der Waals surface area contributed by atoms with Crippen molar-refractivity contribution in [3.63, 3.8) is 0 Å². The fraction of sp³-hybridized carbons (Fsp3) is 0.208. The molecule has 0 saturated carbocycles. The monoisotopic (exact) mass is 425 g/mol. The molecule has 4 rings (SSSR count). The van der Waals surface area contributed by atoms with Gasteiger partial charge in [0.25, 0.3) is 5.91 Å². The van der Waals surface area contributed by atoms with Crippen molar-refractivity contribution in [2.45, 2.75) is 32.9 Å². The lowest BCUT2D eigenvalue weighted by molar-refractivity contribution is -0.135. The van der Waals surface area contributed by atoms with E-state index in [0.717, 1.165) is 22.4 Å². The summed E-state index contributed by atoms with van der Waals surface area (Å²) in [5.41, 5.74) is 4.90. The first-order valence-corrected chi connectivity index (χ1v) is 10.2. The zero-order valence-electron chi connectivity index (χ0n) is 16.4. The van der Waals surface area contributed by atoms with Crippen LogP contribution in [-0.2, 0) is 4.79 Å². The first-order chi connectivity index (χ1) is 13.9. The number of ether oxygens (including phenoxy) is 1. The van der Waals surface area contributed by atoms with Crippen LogP contribution in [0.25, 0.3) is 0 Å². The molecule has 5 heteroatoms. The van der Waals surface area contributed by atoms with Gasteiger partial charge in [0.2, 0.25) is 6.10 Å². The van der Waals surface area contributed by atoms with Crippen molar-refractivity contribution in [1.29, 1.82) is 0 Å². The molecule has 29 heavy (non-hydrogen) atoms. The summed E-state index contributed by atoms with van der Waals surface area (Å²) in [6.07, 6.45) is -0.656. The zero-order chi connectivity index (χ0) is 20.7. The molecule has 1 saturated heterocycles. The van der Waals surface area contributed by atoms with Gasteiger partial charge in [-0.05, 0) is 79.4 Å². The number of benzene rings is 3. The van der Waals surface area contributed by atoms with E-state index in [9.17, 15) is 4.79 Å². The third-order valence-corrected chi connectivity index (χ3v) is 6.01. The summed E-state index contributed by atoms with van der Waals surface area (Å²) in [4.78, 5) is 14.9. The normalized spacial score (nSPS) is 18.5. The molecule has 0 bridgehead atoms. The highest BCUT2D eigenvalue weighted by atomic mass is 35.5. The highest BCUT2D eigenvalue weighted by Crippen LogP contribution is 2.44. The van der Waals surface area contributed by atoms with E-state index >= 15 is 0 Å². The number of aryl methyl sites for hydroxylation is 3. The minimum absolute atomic E-state index is 0.0903. The molecule has 1 aliphatic rings. The Morgan fingerprint density at radius 2 is 1.62 bits per heavy atom. The summed E-state index contributed by atoms with van der Waals surface area (Å²) < 4.78 is 6.17. The molecule has 0 N–H and O–H groups in total. The molecular weight excluding hydrogens is 405 g/mol. The largest absolute Gasteiger partial charge is 0.478 e. The molecule has 0 aromatic heterocycles. The van der Waals surface area contributed by atoms with Gasteiger partial charge in [-0.25, -0.2) is 0 Å². The minimum atomic E-state index is -0.656. The number of hydrogen-bond acceptors (Lipinski definition) is 2. The Morgan fingerprint density at radius 1 is 0.862 bits per heavy atom. The fourth-order valence-corrected chi connectivity index (χ4v) is 4.11. The number of carbonyl (C=O) groups is 1. The molecular formula is C24H21Cl2NO2. The lowest BCUT2D eigenvalue weighted by atomic mass is 9.89. The van der Waals surface area contributed by atoms with E-state index in [1.165, 1.54) is 5.56 Å². The van der Waals surface area contributed by atoms with Crippen LogP contribution in [0.4, 0.5) is 5.69 Å². The Balaban J connectivity index is 1.74. The zero-order valence-corrected chi connectivity index (χ0v) is 18.0. The maximum absolute atomic E-state index is 13.2. The summed E-state index contributed by atoms with van der Waals surface area (Å²) in [6, 6.07) is 18.7. The molecule has 0 unspecified atom stereocenters. The molecule has 2 atom stereocenters. The summed E-state index contributed by atoms with van der Waals surface area (Å²) in [5.74, 6) is 0.553. The van der Waals surface area contributed by atoms with E-state index in [1.807, 2.05) is 62.4 Å². The topological polar surface area (TPSA) is 29.5 Å². The predicted molar refractivity (Wildman–Crippen MR) is 118 cm³/mol. The van der Waals surface area contributed by atoms with Crippen molar-refractivity contribution in [3.8, 4) is 5.75 Å². The van der Waals surface area contributed by atoms with Crippen LogP contribution in [0.15, 0.2) is 60.7 Å². The quantitative estimate of drug-likeness (QED) is 0.449. The molecule has 3 aromatic rings. The Labute approximate surface area is 180 Å². The fourth-order valence-electron chi connectivity index (χ4n) is 3.64. The van der Waals surface area contributed by atoms with Crippen molar-refractivity contribution < 1.29 is 9.53 Å². The maximum atomic E-state index is 13.2. The molecule has 1 heterocycles. The van der Waals surface area contributed by atoms with Crippen LogP contribution < -0.4 is 9.64 Å². The smallest absolute Gasteiger partial charge is 0.271 e. The maximum Gasteiger partial charge on any atom is 0.271 e. The van der Waals surface area contributed by atoms with Gasteiger partial charge in [-0.3, -0.25) is 9.69 Å². The second kappa shape index (κ2) is 7.74. The van der Waals surface area contributed by atoms with Crippen LogP contribution in [-0.4, -0.2) is 12.0 Å². The van der Waals surface area contributed by atoms with Crippen molar-refractivity contribution in [1.82, 2.24) is 0 Å². The van der Waals surface area contributed by atoms with Crippen molar-refractivity contribution >= 4 is 34.8 Å². The lowest BCUT2D eigenvalue weighted by Gasteiger charge is -2.47. The Hall–Kier alpha value is -2.49. The number of anilines is 1. The van der Waals surface area contributed by atoms with Crippen LogP contribution >= 0.6 is 23.2 Å². The van der Waals surface area contributed by atoms with Gasteiger partial charge in [0.1, 0.15) is 11.8 Å². The van der Waals surface area contributed by atoms with Gasteiger partial charge < -0.3 is 4.74 Å². The predicted octanol–water partition coefficient (Wildman–Crippen LogP) is 6.45. The van der Waals surface area contributed by atoms with Gasteiger partial charge in [0.15, 0.2) is 0 Å². The van der Waals surface area contributed by atoms with Crippen molar-refractivity contribution in [2.24, 2.45) is 0 Å². The number of carbonyl (C=O) groups excluding carboxylic acids is 1. The third-order valence-electron chi connectivity index (χ3n) is 5.43. The van der Waals surface area contributed by atoms with Crippen molar-refractivity contribution in [3.05, 3.63) is 93.0 Å². The average molecular weight is 426 g/mol. The summed E-state index contributed by atoms with van der Waals surface area (Å²) in [7, 11) is 0. The number of nitrogens with zero attached hydrogens (tertiary/aromatic N) is 1. The van der Waals surface area contributed by atoms with Gasteiger partial charge in [-0.1, -0.05) is 47.5 Å². The van der Waals surface area contributed by atoms with Crippen LogP contribution in [0.2, 0.25) is 10.0 Å². The molecule has 0 aliphatic carbocycles. The van der Waals surface area contributed by atoms with Crippen LogP contribution in [0.1, 0.15) is 28.3 Å². The molecule has 0 radical (unpaired) electrons. The highest BCUT2D eigenvalue weighted by molar-refractivity contribution is 6.31. The Kier molecular flexibility index (Phi) is 5.28. The van der Waals surface area contributed by atoms with E-state index in [-0.39, 0.29) is 11.9 Å². The van der Waals surface area contributed by atoms with Crippen LogP contribution in [0.3, 0.4) is 0 Å². The number of halogens is 2. The van der Waals surface area contributed by atoms with Crippen LogP contribution in [0, 0.1) is 20.8 Å². The molecule has 0 spiro atoms. The van der Waals surface area contributed by atoms with Crippen molar-refractivity contribution in [2.75, 3.05) is 4.90 Å². The second-order valence-electron chi connectivity index (χ2n) is 7.39. The summed E-state index contributed by atoms with van der Waals surface area (Å²) in [6.45, 7) is 6.01. The molecule has 1 fully saturated rings. The van der Waals surface area contributed by atoms with Gasteiger partial charge in [0, 0.05) is 15.7 Å². The third kappa shape index (κ3) is 3.61. The SMILES string of the molecule is Cc1ccc(N2C(=O)[C@H](Oc3ccc(Cl)cc3C)[C@@H]2c2ccccc2Cl)cc1C. The average Bonchev–Trinajstić information content (AvgIpc) is 2.68. The number of amides is 1. The summed E-state index contributed by atoms with van der Waals surface area (Å²) >= 11 is 12.6. The van der Waals surface area contributed by atoms with Gasteiger partial charge >= 0.3 is 0 Å². The minimum Gasteiger partial charge on any atom is -0.478 e.